The quantitative estimate of drug-likeness (QED) is 0.791. The van der Waals surface area contributed by atoms with E-state index in [1.807, 2.05) is 31.2 Å². The number of benzene rings is 1. The van der Waals surface area contributed by atoms with Crippen LogP contribution in [0.2, 0.25) is 0 Å². The Morgan fingerprint density at radius 1 is 1.39 bits per heavy atom. The molecule has 1 aliphatic rings. The van der Waals surface area contributed by atoms with E-state index in [0.29, 0.717) is 12.3 Å². The third-order valence-corrected chi connectivity index (χ3v) is 4.88. The van der Waals surface area contributed by atoms with Crippen molar-refractivity contribution in [3.8, 4) is 0 Å². The number of nitrogens with zero attached hydrogens (tertiary/aromatic N) is 1. The van der Waals surface area contributed by atoms with Crippen LogP contribution in [0.25, 0.3) is 0 Å². The lowest BCUT2D eigenvalue weighted by atomic mass is 9.92. The van der Waals surface area contributed by atoms with Crippen LogP contribution in [0.5, 0.6) is 0 Å². The van der Waals surface area contributed by atoms with E-state index in [1.165, 1.54) is 0 Å². The van der Waals surface area contributed by atoms with Crippen LogP contribution in [0.1, 0.15) is 32.6 Å². The summed E-state index contributed by atoms with van der Waals surface area (Å²) in [6.45, 7) is 3.59. The first-order chi connectivity index (χ1) is 11.0. The number of piperidine rings is 1. The summed E-state index contributed by atoms with van der Waals surface area (Å²) in [4.78, 5) is 25.3. The van der Waals surface area contributed by atoms with Crippen molar-refractivity contribution in [1.29, 1.82) is 0 Å². The molecule has 6 heteroatoms. The minimum Gasteiger partial charge on any atom is -0.481 e. The van der Waals surface area contributed by atoms with Gasteiger partial charge in [-0.05, 0) is 62.9 Å². The van der Waals surface area contributed by atoms with Crippen LogP contribution in [0.4, 0.5) is 5.69 Å². The van der Waals surface area contributed by atoms with Crippen molar-refractivity contribution >= 4 is 33.5 Å². The second kappa shape index (κ2) is 8.45. The van der Waals surface area contributed by atoms with Gasteiger partial charge < -0.3 is 10.4 Å². The molecule has 1 aliphatic heterocycles. The average molecular weight is 383 g/mol. The molecule has 2 rings (SSSR count). The van der Waals surface area contributed by atoms with Crippen molar-refractivity contribution in [2.75, 3.05) is 18.4 Å². The molecule has 2 N–H and O–H groups in total. The summed E-state index contributed by atoms with van der Waals surface area (Å²) in [6.07, 6.45) is 2.95. The number of aliphatic carboxylic acids is 1. The predicted octanol–water partition coefficient (Wildman–Crippen LogP) is 3.35. The Morgan fingerprint density at radius 3 is 2.74 bits per heavy atom. The highest BCUT2D eigenvalue weighted by Gasteiger charge is 2.27. The van der Waals surface area contributed by atoms with Gasteiger partial charge in [0.05, 0.1) is 6.04 Å². The molecule has 1 fully saturated rings. The molecule has 1 heterocycles. The van der Waals surface area contributed by atoms with Gasteiger partial charge in [0.2, 0.25) is 5.91 Å². The standard InChI is InChI=1S/C17H23BrN2O3/c1-12(17(23)19-15-7-5-14(18)6-8-15)20-10-2-3-13(11-20)4-9-16(21)22/h5-8,12-13H,2-4,9-11H2,1H3,(H,19,23)(H,21,22). The Bertz CT molecular complexity index is 547. The molecule has 126 valence electrons. The molecule has 1 amide bonds. The summed E-state index contributed by atoms with van der Waals surface area (Å²) in [5.41, 5.74) is 0.782. The molecule has 2 atom stereocenters. The van der Waals surface area contributed by atoms with E-state index in [-0.39, 0.29) is 18.4 Å². The van der Waals surface area contributed by atoms with Gasteiger partial charge in [-0.3, -0.25) is 14.5 Å². The van der Waals surface area contributed by atoms with Gasteiger partial charge in [0, 0.05) is 23.1 Å². The smallest absolute Gasteiger partial charge is 0.303 e. The van der Waals surface area contributed by atoms with E-state index < -0.39 is 5.97 Å². The summed E-state index contributed by atoms with van der Waals surface area (Å²) >= 11 is 3.37. The number of amides is 1. The van der Waals surface area contributed by atoms with Crippen LogP contribution in [-0.4, -0.2) is 41.0 Å². The number of hydrogen-bond acceptors (Lipinski definition) is 3. The van der Waals surface area contributed by atoms with Gasteiger partial charge in [-0.25, -0.2) is 0 Å². The Morgan fingerprint density at radius 2 is 2.09 bits per heavy atom. The molecule has 2 unspecified atom stereocenters. The topological polar surface area (TPSA) is 69.6 Å². The van der Waals surface area contributed by atoms with Crippen molar-refractivity contribution in [3.63, 3.8) is 0 Å². The average Bonchev–Trinajstić information content (AvgIpc) is 2.54. The molecule has 0 spiro atoms. The monoisotopic (exact) mass is 382 g/mol. The van der Waals surface area contributed by atoms with Gasteiger partial charge in [-0.2, -0.15) is 0 Å². The van der Waals surface area contributed by atoms with Gasteiger partial charge >= 0.3 is 5.97 Å². The van der Waals surface area contributed by atoms with Gasteiger partial charge in [-0.1, -0.05) is 15.9 Å². The zero-order valence-electron chi connectivity index (χ0n) is 13.3. The summed E-state index contributed by atoms with van der Waals surface area (Å²) in [5.74, 6) is -0.405. The number of hydrogen-bond donors (Lipinski definition) is 2. The molecule has 1 aromatic rings. The van der Waals surface area contributed by atoms with Crippen LogP contribution in [0.3, 0.4) is 0 Å². The molecular weight excluding hydrogens is 360 g/mol. The van der Waals surface area contributed by atoms with Crippen molar-refractivity contribution in [1.82, 2.24) is 4.90 Å². The number of nitrogens with one attached hydrogen (secondary N) is 1. The second-order valence-corrected chi connectivity index (χ2v) is 7.02. The van der Waals surface area contributed by atoms with Crippen LogP contribution in [0.15, 0.2) is 28.7 Å². The Kier molecular flexibility index (Phi) is 6.59. The lowest BCUT2D eigenvalue weighted by Crippen LogP contribution is -2.47. The van der Waals surface area contributed by atoms with Gasteiger partial charge in [0.15, 0.2) is 0 Å². The molecule has 0 aliphatic carbocycles. The van der Waals surface area contributed by atoms with Crippen molar-refractivity contribution in [2.24, 2.45) is 5.92 Å². The number of carboxylic acid groups (broad SMARTS) is 1. The fourth-order valence-electron chi connectivity index (χ4n) is 2.96. The SMILES string of the molecule is CC(C(=O)Nc1ccc(Br)cc1)N1CCCC(CCC(=O)O)C1. The maximum absolute atomic E-state index is 12.4. The lowest BCUT2D eigenvalue weighted by molar-refractivity contribution is -0.137. The van der Waals surface area contributed by atoms with E-state index in [2.05, 4.69) is 26.1 Å². The zero-order valence-corrected chi connectivity index (χ0v) is 14.9. The van der Waals surface area contributed by atoms with Gasteiger partial charge in [-0.15, -0.1) is 0 Å². The number of anilines is 1. The maximum atomic E-state index is 12.4. The summed E-state index contributed by atoms with van der Waals surface area (Å²) < 4.78 is 0.973. The number of halogens is 1. The first kappa shape index (κ1) is 17.9. The molecule has 23 heavy (non-hydrogen) atoms. The van der Waals surface area contributed by atoms with E-state index in [1.54, 1.807) is 0 Å². The van der Waals surface area contributed by atoms with Gasteiger partial charge in [0.25, 0.3) is 0 Å². The number of carbonyl (C=O) groups excluding carboxylic acids is 1. The fourth-order valence-corrected chi connectivity index (χ4v) is 3.22. The largest absolute Gasteiger partial charge is 0.481 e. The Labute approximate surface area is 145 Å². The number of carboxylic acids is 1. The second-order valence-electron chi connectivity index (χ2n) is 6.11. The summed E-state index contributed by atoms with van der Waals surface area (Å²) in [5, 5.41) is 11.7. The third kappa shape index (κ3) is 5.62. The maximum Gasteiger partial charge on any atom is 0.303 e. The normalized spacial score (nSPS) is 20.0. The highest BCUT2D eigenvalue weighted by molar-refractivity contribution is 9.10. The Hall–Kier alpha value is -1.40. The molecule has 1 saturated heterocycles. The predicted molar refractivity (Wildman–Crippen MR) is 93.4 cm³/mol. The van der Waals surface area contributed by atoms with Crippen LogP contribution < -0.4 is 5.32 Å². The number of likely N-dealkylation sites (tertiary alicyclic amines) is 1. The van der Waals surface area contributed by atoms with Crippen LogP contribution in [0, 0.1) is 5.92 Å². The van der Waals surface area contributed by atoms with Crippen molar-refractivity contribution in [2.45, 2.75) is 38.6 Å². The number of rotatable bonds is 6. The van der Waals surface area contributed by atoms with Crippen LogP contribution in [-0.2, 0) is 9.59 Å². The molecule has 5 nitrogen and oxygen atoms in total. The van der Waals surface area contributed by atoms with Crippen LogP contribution >= 0.6 is 15.9 Å². The summed E-state index contributed by atoms with van der Waals surface area (Å²) in [6, 6.07) is 7.29. The first-order valence-corrected chi connectivity index (χ1v) is 8.77. The molecule has 0 bridgehead atoms. The van der Waals surface area contributed by atoms with E-state index >= 15 is 0 Å². The molecule has 0 aromatic heterocycles. The zero-order chi connectivity index (χ0) is 16.8. The highest BCUT2D eigenvalue weighted by Crippen LogP contribution is 2.23. The highest BCUT2D eigenvalue weighted by atomic mass is 79.9. The summed E-state index contributed by atoms with van der Waals surface area (Å²) in [7, 11) is 0. The fraction of sp³-hybridized carbons (Fsp3) is 0.529. The van der Waals surface area contributed by atoms with Gasteiger partial charge in [0.1, 0.15) is 0 Å². The third-order valence-electron chi connectivity index (χ3n) is 4.36. The van der Waals surface area contributed by atoms with E-state index in [4.69, 9.17) is 5.11 Å². The minimum absolute atomic E-state index is 0.0220. The minimum atomic E-state index is -0.747. The molecule has 1 aromatic carbocycles. The Balaban J connectivity index is 1.87. The number of carbonyl (C=O) groups is 2. The van der Waals surface area contributed by atoms with Crippen molar-refractivity contribution in [3.05, 3.63) is 28.7 Å². The van der Waals surface area contributed by atoms with E-state index in [0.717, 1.165) is 36.1 Å². The molecular formula is C17H23BrN2O3. The molecule has 0 saturated carbocycles. The lowest BCUT2D eigenvalue weighted by Gasteiger charge is -2.36. The van der Waals surface area contributed by atoms with Crippen molar-refractivity contribution < 1.29 is 14.7 Å². The molecule has 0 radical (unpaired) electrons. The van der Waals surface area contributed by atoms with E-state index in [9.17, 15) is 9.59 Å². The first-order valence-electron chi connectivity index (χ1n) is 7.98.